The third-order valence-electron chi connectivity index (χ3n) is 5.84. The summed E-state index contributed by atoms with van der Waals surface area (Å²) in [6, 6.07) is 15.2. The quantitative estimate of drug-likeness (QED) is 0.385. The lowest BCUT2D eigenvalue weighted by Gasteiger charge is -2.27. The number of ether oxygens (including phenoxy) is 1. The zero-order valence-corrected chi connectivity index (χ0v) is 20.7. The Morgan fingerprint density at radius 3 is 2.69 bits per heavy atom. The average Bonchev–Trinajstić information content (AvgIpc) is 3.49. The van der Waals surface area contributed by atoms with Crippen molar-refractivity contribution in [3.63, 3.8) is 0 Å². The van der Waals surface area contributed by atoms with Crippen molar-refractivity contribution in [2.24, 2.45) is 0 Å². The number of nitrogens with zero attached hydrogens (tertiary/aromatic N) is 2. The smallest absolute Gasteiger partial charge is 0.266 e. The number of aryl methyl sites for hydroxylation is 1. The molecule has 2 amide bonds. The van der Waals surface area contributed by atoms with E-state index in [1.54, 1.807) is 17.0 Å². The van der Waals surface area contributed by atoms with E-state index in [1.807, 2.05) is 60.9 Å². The minimum atomic E-state index is -0.191. The fraction of sp³-hybridized carbons (Fsp3) is 0.192. The van der Waals surface area contributed by atoms with Crippen LogP contribution in [0.1, 0.15) is 36.9 Å². The van der Waals surface area contributed by atoms with Gasteiger partial charge in [-0.2, -0.15) is 5.10 Å². The van der Waals surface area contributed by atoms with Crippen LogP contribution in [0.2, 0.25) is 0 Å². The standard InChI is InChI=1S/C26H24N4O3S.ClH/c1-17-10-15-34-24(17)25(31)27-23-16-19(26(32)30-11-13-33-14-12-30)7-6-18(23)8-9-22-20-4-2-3-5-21(20)28-29-22;/h2-10,15-16H,11-14H2,1H3,(H,27,31)(H,28,29);1H/b9-8+;. The van der Waals surface area contributed by atoms with Crippen LogP contribution in [0.15, 0.2) is 53.9 Å². The Morgan fingerprint density at radius 1 is 1.11 bits per heavy atom. The number of morpholine rings is 1. The van der Waals surface area contributed by atoms with Gasteiger partial charge in [-0.1, -0.05) is 30.3 Å². The molecule has 7 nitrogen and oxygen atoms in total. The molecule has 2 N–H and O–H groups in total. The van der Waals surface area contributed by atoms with Crippen LogP contribution in [-0.2, 0) is 4.74 Å². The number of fused-ring (bicyclic) bond motifs is 1. The number of nitrogens with one attached hydrogen (secondary N) is 2. The van der Waals surface area contributed by atoms with Gasteiger partial charge >= 0.3 is 0 Å². The lowest BCUT2D eigenvalue weighted by Crippen LogP contribution is -2.40. The molecule has 180 valence electrons. The first-order valence-corrected chi connectivity index (χ1v) is 12.0. The largest absolute Gasteiger partial charge is 0.378 e. The molecule has 9 heteroatoms. The van der Waals surface area contributed by atoms with Crippen molar-refractivity contribution in [2.45, 2.75) is 6.92 Å². The summed E-state index contributed by atoms with van der Waals surface area (Å²) in [5.74, 6) is -0.261. The van der Waals surface area contributed by atoms with Crippen molar-refractivity contribution in [3.05, 3.63) is 81.2 Å². The average molecular weight is 509 g/mol. The Morgan fingerprint density at radius 2 is 1.91 bits per heavy atom. The molecule has 1 saturated heterocycles. The maximum absolute atomic E-state index is 13.1. The summed E-state index contributed by atoms with van der Waals surface area (Å²) in [6.45, 7) is 4.09. The van der Waals surface area contributed by atoms with Gasteiger partial charge in [0.2, 0.25) is 0 Å². The van der Waals surface area contributed by atoms with E-state index in [1.165, 1.54) is 11.3 Å². The molecule has 0 radical (unpaired) electrons. The predicted molar refractivity (Wildman–Crippen MR) is 142 cm³/mol. The normalized spacial score (nSPS) is 13.7. The maximum atomic E-state index is 13.1. The second-order valence-electron chi connectivity index (χ2n) is 8.08. The maximum Gasteiger partial charge on any atom is 0.266 e. The first-order valence-electron chi connectivity index (χ1n) is 11.1. The highest BCUT2D eigenvalue weighted by Crippen LogP contribution is 2.25. The number of aromatic amines is 1. The number of para-hydroxylation sites is 1. The highest BCUT2D eigenvalue weighted by molar-refractivity contribution is 7.12. The Hall–Kier alpha value is -3.46. The number of H-pyrrole nitrogens is 1. The molecular formula is C26H25ClN4O3S. The molecule has 4 aromatic rings. The summed E-state index contributed by atoms with van der Waals surface area (Å²) in [6.07, 6.45) is 3.81. The van der Waals surface area contributed by atoms with E-state index in [0.717, 1.165) is 27.7 Å². The summed E-state index contributed by atoms with van der Waals surface area (Å²) in [7, 11) is 0. The van der Waals surface area contributed by atoms with Crippen LogP contribution >= 0.6 is 23.7 Å². The summed E-state index contributed by atoms with van der Waals surface area (Å²) >= 11 is 1.40. The molecule has 0 aliphatic carbocycles. The molecule has 0 bridgehead atoms. The molecule has 5 rings (SSSR count). The summed E-state index contributed by atoms with van der Waals surface area (Å²) < 4.78 is 5.36. The Kier molecular flexibility index (Phi) is 7.65. The van der Waals surface area contributed by atoms with Gasteiger partial charge in [0.25, 0.3) is 11.8 Å². The van der Waals surface area contributed by atoms with Gasteiger partial charge in [0, 0.05) is 29.7 Å². The van der Waals surface area contributed by atoms with Gasteiger partial charge in [-0.3, -0.25) is 14.7 Å². The molecule has 0 saturated carbocycles. The van der Waals surface area contributed by atoms with Crippen molar-refractivity contribution in [2.75, 3.05) is 31.6 Å². The lowest BCUT2D eigenvalue weighted by molar-refractivity contribution is 0.0303. The number of amides is 2. The highest BCUT2D eigenvalue weighted by Gasteiger charge is 2.20. The van der Waals surface area contributed by atoms with Crippen molar-refractivity contribution in [1.29, 1.82) is 0 Å². The Bertz CT molecular complexity index is 1390. The molecule has 0 unspecified atom stereocenters. The number of rotatable bonds is 5. The number of aromatic nitrogens is 2. The van der Waals surface area contributed by atoms with Gasteiger partial charge in [0.1, 0.15) is 0 Å². The first kappa shape index (κ1) is 24.7. The lowest BCUT2D eigenvalue weighted by atomic mass is 10.1. The summed E-state index contributed by atoms with van der Waals surface area (Å²) in [5.41, 5.74) is 4.57. The van der Waals surface area contributed by atoms with Gasteiger partial charge in [0.05, 0.1) is 29.3 Å². The van der Waals surface area contributed by atoms with Gasteiger partial charge in [-0.15, -0.1) is 23.7 Å². The highest BCUT2D eigenvalue weighted by atomic mass is 35.5. The second kappa shape index (κ2) is 10.9. The summed E-state index contributed by atoms with van der Waals surface area (Å²) in [4.78, 5) is 28.5. The number of thiophene rings is 1. The van der Waals surface area contributed by atoms with E-state index in [2.05, 4.69) is 15.5 Å². The fourth-order valence-corrected chi connectivity index (χ4v) is 4.78. The van der Waals surface area contributed by atoms with Crippen molar-refractivity contribution in [3.8, 4) is 0 Å². The van der Waals surface area contributed by atoms with E-state index in [9.17, 15) is 9.59 Å². The van der Waals surface area contributed by atoms with Gasteiger partial charge in [0.15, 0.2) is 0 Å². The fourth-order valence-electron chi connectivity index (χ4n) is 3.96. The van der Waals surface area contributed by atoms with Crippen LogP contribution in [0, 0.1) is 6.92 Å². The minimum Gasteiger partial charge on any atom is -0.378 e. The Balaban J connectivity index is 0.00000289. The second-order valence-corrected chi connectivity index (χ2v) is 9.00. The predicted octanol–water partition coefficient (Wildman–Crippen LogP) is 5.25. The SMILES string of the molecule is Cc1ccsc1C(=O)Nc1cc(C(=O)N2CCOCC2)ccc1/C=C/c1n[nH]c2ccccc12.Cl. The van der Waals surface area contributed by atoms with Gasteiger partial charge in [-0.05, 0) is 53.8 Å². The van der Waals surface area contributed by atoms with E-state index >= 15 is 0 Å². The van der Waals surface area contributed by atoms with Crippen LogP contribution < -0.4 is 5.32 Å². The number of benzene rings is 2. The number of anilines is 1. The molecule has 35 heavy (non-hydrogen) atoms. The molecule has 3 heterocycles. The van der Waals surface area contributed by atoms with Crippen molar-refractivity contribution >= 4 is 64.3 Å². The third-order valence-corrected chi connectivity index (χ3v) is 6.85. The molecule has 1 aliphatic rings. The molecule has 2 aromatic heterocycles. The van der Waals surface area contributed by atoms with Crippen LogP contribution in [0.3, 0.4) is 0 Å². The first-order chi connectivity index (χ1) is 16.6. The molecule has 0 atom stereocenters. The Labute approximate surface area is 213 Å². The monoisotopic (exact) mass is 508 g/mol. The van der Waals surface area contributed by atoms with Crippen LogP contribution in [-0.4, -0.2) is 53.2 Å². The number of carbonyl (C=O) groups is 2. The van der Waals surface area contributed by atoms with E-state index < -0.39 is 0 Å². The number of hydrogen-bond donors (Lipinski definition) is 2. The number of carbonyl (C=O) groups excluding carboxylic acids is 2. The van der Waals surface area contributed by atoms with Crippen molar-refractivity contribution in [1.82, 2.24) is 15.1 Å². The molecule has 0 spiro atoms. The topological polar surface area (TPSA) is 87.3 Å². The molecule has 1 aliphatic heterocycles. The zero-order valence-electron chi connectivity index (χ0n) is 19.1. The molecule has 1 fully saturated rings. The van der Waals surface area contributed by atoms with Gasteiger partial charge in [-0.25, -0.2) is 0 Å². The van der Waals surface area contributed by atoms with Crippen molar-refractivity contribution < 1.29 is 14.3 Å². The van der Waals surface area contributed by atoms with Crippen LogP contribution in [0.5, 0.6) is 0 Å². The minimum absolute atomic E-state index is 0. The van der Waals surface area contributed by atoms with Crippen LogP contribution in [0.25, 0.3) is 23.1 Å². The molecule has 2 aromatic carbocycles. The van der Waals surface area contributed by atoms with E-state index in [-0.39, 0.29) is 24.2 Å². The summed E-state index contributed by atoms with van der Waals surface area (Å²) in [5, 5.41) is 13.3. The van der Waals surface area contributed by atoms with E-state index in [4.69, 9.17) is 4.74 Å². The van der Waals surface area contributed by atoms with E-state index in [0.29, 0.717) is 42.4 Å². The zero-order chi connectivity index (χ0) is 23.5. The molecular weight excluding hydrogens is 484 g/mol. The number of hydrogen-bond acceptors (Lipinski definition) is 5. The van der Waals surface area contributed by atoms with Crippen LogP contribution in [0.4, 0.5) is 5.69 Å². The van der Waals surface area contributed by atoms with Gasteiger partial charge < -0.3 is 15.0 Å². The number of halogens is 1. The third kappa shape index (κ3) is 5.30.